The van der Waals surface area contributed by atoms with Crippen molar-refractivity contribution >= 4 is 57.1 Å². The molecule has 0 aliphatic rings. The minimum atomic E-state index is -0.963. The fraction of sp³-hybridized carbons (Fsp3) is 0.538. The first-order chi connectivity index (χ1) is 19.0. The van der Waals surface area contributed by atoms with Gasteiger partial charge in [-0.2, -0.15) is 0 Å². The van der Waals surface area contributed by atoms with Crippen LogP contribution in [0.3, 0.4) is 0 Å². The SMILES string of the molecule is CC(C)[C@H](NC(=O)c1cc([N+](C)(C)C)ccc1Br)C(=O)NCCC(=O)N[C@@H](CCCN=C(N)N)C(=O)NCC(N)=O. The molecule has 0 spiro atoms. The van der Waals surface area contributed by atoms with Crippen LogP contribution in [0.15, 0.2) is 27.7 Å². The van der Waals surface area contributed by atoms with Crippen molar-refractivity contribution in [3.05, 3.63) is 28.2 Å². The summed E-state index contributed by atoms with van der Waals surface area (Å²) in [5.74, 6) is -3.02. The number of quaternary nitrogens is 1. The molecule has 15 heteroatoms. The first-order valence-corrected chi connectivity index (χ1v) is 13.9. The van der Waals surface area contributed by atoms with E-state index < -0.39 is 41.6 Å². The van der Waals surface area contributed by atoms with Crippen molar-refractivity contribution in [2.75, 3.05) is 40.8 Å². The zero-order valence-corrected chi connectivity index (χ0v) is 25.8. The number of rotatable bonds is 16. The molecule has 228 valence electrons. The van der Waals surface area contributed by atoms with E-state index in [0.717, 1.165) is 5.69 Å². The summed E-state index contributed by atoms with van der Waals surface area (Å²) in [5.41, 5.74) is 17.0. The third kappa shape index (κ3) is 13.0. The van der Waals surface area contributed by atoms with Gasteiger partial charge >= 0.3 is 0 Å². The Morgan fingerprint density at radius 1 is 0.976 bits per heavy atom. The molecule has 14 nitrogen and oxygen atoms in total. The lowest BCUT2D eigenvalue weighted by Gasteiger charge is -2.25. The van der Waals surface area contributed by atoms with Gasteiger partial charge in [0.15, 0.2) is 5.96 Å². The predicted octanol–water partition coefficient (Wildman–Crippen LogP) is -0.954. The Labute approximate surface area is 248 Å². The number of hydrogen-bond donors (Lipinski definition) is 7. The first-order valence-electron chi connectivity index (χ1n) is 13.1. The Bertz CT molecular complexity index is 1130. The lowest BCUT2D eigenvalue weighted by Crippen LogP contribution is -2.51. The summed E-state index contributed by atoms with van der Waals surface area (Å²) >= 11 is 3.41. The molecule has 0 heterocycles. The van der Waals surface area contributed by atoms with E-state index in [0.29, 0.717) is 20.9 Å². The second-order valence-corrected chi connectivity index (χ2v) is 11.5. The molecule has 0 aliphatic carbocycles. The number of hydrogen-bond acceptors (Lipinski definition) is 6. The van der Waals surface area contributed by atoms with Gasteiger partial charge in [0.25, 0.3) is 5.91 Å². The van der Waals surface area contributed by atoms with Gasteiger partial charge in [-0.3, -0.25) is 33.4 Å². The third-order valence-corrected chi connectivity index (χ3v) is 6.58. The summed E-state index contributed by atoms with van der Waals surface area (Å²) in [7, 11) is 5.94. The molecule has 0 radical (unpaired) electrons. The number of primary amides is 1. The molecular formula is C26H43BrN9O5+. The highest BCUT2D eigenvalue weighted by Crippen LogP contribution is 2.25. The van der Waals surface area contributed by atoms with E-state index in [1.807, 2.05) is 27.2 Å². The standard InChI is InChI=1S/C26H42BrN9O5/c1-15(2)22(35-23(39)17-13-16(36(3,4)5)8-9-18(17)27)25(41)31-12-10-21(38)34-19(7-6-11-32-26(29)30)24(40)33-14-20(28)37/h8-9,13,15,19,22H,6-7,10-12,14H2,1-5H3,(H9-,28,29,30,31,32,33,34,35,37,38,39,40,41)/p+1/t19-,22-/m0/s1. The number of nitrogens with two attached hydrogens (primary N) is 3. The van der Waals surface area contributed by atoms with Crippen LogP contribution in [-0.4, -0.2) is 88.4 Å². The lowest BCUT2D eigenvalue weighted by atomic mass is 10.0. The van der Waals surface area contributed by atoms with Crippen LogP contribution in [0.4, 0.5) is 5.69 Å². The maximum absolute atomic E-state index is 13.1. The highest BCUT2D eigenvalue weighted by atomic mass is 79.9. The summed E-state index contributed by atoms with van der Waals surface area (Å²) in [6.45, 7) is 3.42. The minimum absolute atomic E-state index is 0.0337. The van der Waals surface area contributed by atoms with E-state index in [2.05, 4.69) is 42.2 Å². The Kier molecular flexibility index (Phi) is 14.2. The highest BCUT2D eigenvalue weighted by Gasteiger charge is 2.27. The Morgan fingerprint density at radius 3 is 2.20 bits per heavy atom. The second-order valence-electron chi connectivity index (χ2n) is 10.7. The summed E-state index contributed by atoms with van der Waals surface area (Å²) in [6.07, 6.45) is 0.452. The highest BCUT2D eigenvalue weighted by molar-refractivity contribution is 9.10. The van der Waals surface area contributed by atoms with Crippen LogP contribution >= 0.6 is 15.9 Å². The van der Waals surface area contributed by atoms with Crippen LogP contribution in [0.1, 0.15) is 43.5 Å². The maximum atomic E-state index is 13.1. The second kappa shape index (κ2) is 16.5. The predicted molar refractivity (Wildman–Crippen MR) is 161 cm³/mol. The molecule has 0 unspecified atom stereocenters. The summed E-state index contributed by atoms with van der Waals surface area (Å²) < 4.78 is 1.10. The normalized spacial score (nSPS) is 12.6. The van der Waals surface area contributed by atoms with E-state index in [9.17, 15) is 24.0 Å². The van der Waals surface area contributed by atoms with Crippen LogP contribution in [0.2, 0.25) is 0 Å². The van der Waals surface area contributed by atoms with Crippen molar-refractivity contribution in [3.63, 3.8) is 0 Å². The summed E-state index contributed by atoms with van der Waals surface area (Å²) in [6, 6.07) is 3.66. The molecule has 0 saturated heterocycles. The number of amides is 5. The lowest BCUT2D eigenvalue weighted by molar-refractivity contribution is -0.130. The molecule has 1 aromatic rings. The van der Waals surface area contributed by atoms with Crippen LogP contribution in [-0.2, 0) is 19.2 Å². The number of aliphatic imine (C=N–C) groups is 1. The van der Waals surface area contributed by atoms with Gasteiger partial charge in [-0.15, -0.1) is 0 Å². The van der Waals surface area contributed by atoms with Gasteiger partial charge in [0, 0.05) is 36.1 Å². The fourth-order valence-electron chi connectivity index (χ4n) is 3.60. The third-order valence-electron chi connectivity index (χ3n) is 5.89. The average molecular weight is 642 g/mol. The number of carbonyl (C=O) groups is 5. The molecule has 2 atom stereocenters. The molecule has 41 heavy (non-hydrogen) atoms. The first kappa shape index (κ1) is 35.3. The molecule has 1 rings (SSSR count). The van der Waals surface area contributed by atoms with Gasteiger partial charge < -0.3 is 38.5 Å². The van der Waals surface area contributed by atoms with Crippen LogP contribution < -0.4 is 43.0 Å². The monoisotopic (exact) mass is 640 g/mol. The van der Waals surface area contributed by atoms with E-state index >= 15 is 0 Å². The van der Waals surface area contributed by atoms with Crippen molar-refractivity contribution < 1.29 is 24.0 Å². The van der Waals surface area contributed by atoms with E-state index in [1.165, 1.54) is 0 Å². The average Bonchev–Trinajstić information content (AvgIpc) is 2.86. The zero-order valence-electron chi connectivity index (χ0n) is 24.3. The molecule has 10 N–H and O–H groups in total. The molecule has 5 amide bonds. The molecule has 0 aliphatic heterocycles. The van der Waals surface area contributed by atoms with Crippen LogP contribution in [0.25, 0.3) is 0 Å². The molecule has 0 fully saturated rings. The number of nitrogens with one attached hydrogen (secondary N) is 4. The van der Waals surface area contributed by atoms with Gasteiger partial charge in [-0.25, -0.2) is 0 Å². The van der Waals surface area contributed by atoms with Gasteiger partial charge in [-0.1, -0.05) is 13.8 Å². The molecular weight excluding hydrogens is 598 g/mol. The molecule has 0 aromatic heterocycles. The van der Waals surface area contributed by atoms with Crippen molar-refractivity contribution in [3.8, 4) is 0 Å². The molecule has 0 bridgehead atoms. The number of benzene rings is 1. The number of guanidine groups is 1. The molecule has 1 aromatic carbocycles. The van der Waals surface area contributed by atoms with Gasteiger partial charge in [0.1, 0.15) is 17.8 Å². The molecule has 0 saturated carbocycles. The van der Waals surface area contributed by atoms with E-state index in [1.54, 1.807) is 26.0 Å². The Hall–Kier alpha value is -3.72. The maximum Gasteiger partial charge on any atom is 0.253 e. The van der Waals surface area contributed by atoms with Crippen LogP contribution in [0, 0.1) is 5.92 Å². The largest absolute Gasteiger partial charge is 0.370 e. The quantitative estimate of drug-likeness (QED) is 0.0518. The number of nitrogens with zero attached hydrogens (tertiary/aromatic N) is 2. The topological polar surface area (TPSA) is 224 Å². The van der Waals surface area contributed by atoms with Crippen molar-refractivity contribution in [1.82, 2.24) is 25.8 Å². The van der Waals surface area contributed by atoms with E-state index in [4.69, 9.17) is 17.2 Å². The smallest absolute Gasteiger partial charge is 0.253 e. The minimum Gasteiger partial charge on any atom is -0.370 e. The summed E-state index contributed by atoms with van der Waals surface area (Å²) in [4.78, 5) is 65.9. The fourth-order valence-corrected chi connectivity index (χ4v) is 4.03. The number of carbonyl (C=O) groups excluding carboxylic acids is 5. The van der Waals surface area contributed by atoms with Crippen molar-refractivity contribution in [2.45, 2.75) is 45.2 Å². The Balaban J connectivity index is 2.77. The Morgan fingerprint density at radius 2 is 1.63 bits per heavy atom. The van der Waals surface area contributed by atoms with Gasteiger partial charge in [0.2, 0.25) is 23.6 Å². The number of halogens is 1. The zero-order chi connectivity index (χ0) is 31.3. The van der Waals surface area contributed by atoms with Crippen molar-refractivity contribution in [2.24, 2.45) is 28.1 Å². The van der Waals surface area contributed by atoms with Crippen molar-refractivity contribution in [1.29, 1.82) is 0 Å². The van der Waals surface area contributed by atoms with Gasteiger partial charge in [0.05, 0.1) is 33.3 Å². The summed E-state index contributed by atoms with van der Waals surface area (Å²) in [5, 5.41) is 10.4. The van der Waals surface area contributed by atoms with E-state index in [-0.39, 0.29) is 44.4 Å². The van der Waals surface area contributed by atoms with Gasteiger partial charge in [-0.05, 0) is 40.8 Å². The van der Waals surface area contributed by atoms with Crippen LogP contribution in [0.5, 0.6) is 0 Å².